The molecule has 28 heavy (non-hydrogen) atoms. The van der Waals surface area contributed by atoms with Gasteiger partial charge in [-0.3, -0.25) is 9.69 Å². The Hall–Kier alpha value is -2.17. The Kier molecular flexibility index (Phi) is 9.18. The molecule has 2 aliphatic rings. The van der Waals surface area contributed by atoms with Gasteiger partial charge in [-0.15, -0.1) is 0 Å². The smallest absolute Gasteiger partial charge is 0.290 e. The number of likely N-dealkylation sites (tertiary alicyclic amines) is 1. The fourth-order valence-electron chi connectivity index (χ4n) is 3.90. The molecule has 1 unspecified atom stereocenters. The van der Waals surface area contributed by atoms with Crippen molar-refractivity contribution in [3.63, 3.8) is 0 Å². The Balaban J connectivity index is 0.000000213. The summed E-state index contributed by atoms with van der Waals surface area (Å²) in [5.41, 5.74) is 4.36. The van der Waals surface area contributed by atoms with Gasteiger partial charge in [-0.2, -0.15) is 0 Å². The van der Waals surface area contributed by atoms with Crippen LogP contribution in [0.2, 0.25) is 0 Å². The molecule has 0 spiro atoms. The van der Waals surface area contributed by atoms with Gasteiger partial charge in [0.05, 0.1) is 6.04 Å². The second-order valence-electron chi connectivity index (χ2n) is 7.83. The monoisotopic (exact) mass is 382 g/mol. The molecule has 0 radical (unpaired) electrons. The highest BCUT2D eigenvalue weighted by Gasteiger charge is 2.25. The average molecular weight is 383 g/mol. The van der Waals surface area contributed by atoms with Gasteiger partial charge in [0.15, 0.2) is 0 Å². The van der Waals surface area contributed by atoms with Gasteiger partial charge >= 0.3 is 0 Å². The molecule has 1 saturated heterocycles. The topological polar surface area (TPSA) is 43.8 Å². The minimum atomic E-state index is -0.250. The minimum Gasteiger partial charge on any atom is -0.483 e. The molecule has 2 heterocycles. The molecule has 4 nitrogen and oxygen atoms in total. The van der Waals surface area contributed by atoms with Crippen LogP contribution in [0.3, 0.4) is 0 Å². The molecule has 2 aromatic rings. The number of piperidine rings is 1. The largest absolute Gasteiger partial charge is 0.483 e. The van der Waals surface area contributed by atoms with E-state index in [1.807, 2.05) is 0 Å². The van der Waals surface area contributed by atoms with Gasteiger partial charge in [0.25, 0.3) is 6.47 Å². The fourth-order valence-corrected chi connectivity index (χ4v) is 3.90. The van der Waals surface area contributed by atoms with Crippen LogP contribution in [0, 0.1) is 5.92 Å². The lowest BCUT2D eigenvalue weighted by molar-refractivity contribution is -0.122. The van der Waals surface area contributed by atoms with E-state index in [2.05, 4.69) is 85.4 Å². The predicted octanol–water partition coefficient (Wildman–Crippen LogP) is 4.31. The maximum Gasteiger partial charge on any atom is 0.290 e. The van der Waals surface area contributed by atoms with Crippen molar-refractivity contribution in [3.8, 4) is 0 Å². The van der Waals surface area contributed by atoms with Crippen LogP contribution in [0.15, 0.2) is 54.6 Å². The highest BCUT2D eigenvalue weighted by Crippen LogP contribution is 2.33. The van der Waals surface area contributed by atoms with Crippen LogP contribution in [0.1, 0.15) is 42.5 Å². The molecule has 152 valence electrons. The molecule has 0 aromatic heterocycles. The van der Waals surface area contributed by atoms with Crippen LogP contribution >= 0.6 is 0 Å². The molecule has 4 heteroatoms. The van der Waals surface area contributed by atoms with E-state index in [-0.39, 0.29) is 6.47 Å². The zero-order valence-corrected chi connectivity index (χ0v) is 17.4. The lowest BCUT2D eigenvalue weighted by Gasteiger charge is -2.35. The average Bonchev–Trinajstić information content (AvgIpc) is 2.72. The lowest BCUT2D eigenvalue weighted by atomic mass is 9.89. The van der Waals surface area contributed by atoms with Crippen LogP contribution in [-0.2, 0) is 11.2 Å². The summed E-state index contributed by atoms with van der Waals surface area (Å²) >= 11 is 0. The van der Waals surface area contributed by atoms with Crippen LogP contribution in [0.5, 0.6) is 0 Å². The van der Waals surface area contributed by atoms with E-state index in [0.717, 1.165) is 18.9 Å². The molecule has 2 aliphatic heterocycles. The van der Waals surface area contributed by atoms with Crippen molar-refractivity contribution in [1.29, 1.82) is 0 Å². The molecule has 4 rings (SSSR count). The van der Waals surface area contributed by atoms with Crippen molar-refractivity contribution in [2.75, 3.05) is 33.7 Å². The third-order valence-electron chi connectivity index (χ3n) is 5.65. The highest BCUT2D eigenvalue weighted by atomic mass is 16.3. The Morgan fingerprint density at radius 2 is 1.50 bits per heavy atom. The first-order valence-electron chi connectivity index (χ1n) is 10.2. The summed E-state index contributed by atoms with van der Waals surface area (Å²) < 4.78 is 0. The van der Waals surface area contributed by atoms with Gasteiger partial charge in [0.1, 0.15) is 0 Å². The molecule has 0 bridgehead atoms. The Morgan fingerprint density at radius 3 is 2.11 bits per heavy atom. The van der Waals surface area contributed by atoms with Gasteiger partial charge in [-0.1, -0.05) is 61.5 Å². The SMILES string of the molecule is CC1CCN(C)CC1.CN1CCc2ccccc2C1c1ccccc1.O=CO. The summed E-state index contributed by atoms with van der Waals surface area (Å²) in [5, 5.41) is 6.89. The first-order valence-corrected chi connectivity index (χ1v) is 10.2. The number of rotatable bonds is 1. The number of carboxylic acid groups (broad SMARTS) is 1. The second kappa shape index (κ2) is 11.6. The molecule has 0 aliphatic carbocycles. The number of benzene rings is 2. The maximum atomic E-state index is 8.36. The normalized spacial score (nSPS) is 20.0. The second-order valence-corrected chi connectivity index (χ2v) is 7.83. The number of likely N-dealkylation sites (N-methyl/N-ethyl adjacent to an activating group) is 1. The van der Waals surface area contributed by atoms with Gasteiger partial charge in [-0.25, -0.2) is 0 Å². The number of hydrogen-bond acceptors (Lipinski definition) is 3. The molecule has 1 fully saturated rings. The van der Waals surface area contributed by atoms with E-state index in [0.29, 0.717) is 6.04 Å². The van der Waals surface area contributed by atoms with Gasteiger partial charge < -0.3 is 10.0 Å². The first-order chi connectivity index (χ1) is 13.6. The molecule has 2 aromatic carbocycles. The number of nitrogens with zero attached hydrogens (tertiary/aromatic N) is 2. The van der Waals surface area contributed by atoms with E-state index >= 15 is 0 Å². The van der Waals surface area contributed by atoms with Crippen molar-refractivity contribution < 1.29 is 9.90 Å². The third kappa shape index (κ3) is 6.47. The maximum absolute atomic E-state index is 8.36. The van der Waals surface area contributed by atoms with Crippen molar-refractivity contribution in [2.24, 2.45) is 5.92 Å². The molecule has 0 amide bonds. The van der Waals surface area contributed by atoms with Crippen molar-refractivity contribution >= 4 is 6.47 Å². The van der Waals surface area contributed by atoms with Crippen LogP contribution in [0.25, 0.3) is 0 Å². The van der Waals surface area contributed by atoms with Gasteiger partial charge in [0.2, 0.25) is 0 Å². The Labute approximate surface area is 169 Å². The van der Waals surface area contributed by atoms with Crippen molar-refractivity contribution in [1.82, 2.24) is 9.80 Å². The minimum absolute atomic E-state index is 0.250. The number of carbonyl (C=O) groups is 1. The Bertz CT molecular complexity index is 687. The summed E-state index contributed by atoms with van der Waals surface area (Å²) in [7, 11) is 4.42. The predicted molar refractivity (Wildman–Crippen MR) is 116 cm³/mol. The summed E-state index contributed by atoms with van der Waals surface area (Å²) in [4.78, 5) is 13.2. The fraction of sp³-hybridized carbons (Fsp3) is 0.458. The molecular formula is C24H34N2O2. The summed E-state index contributed by atoms with van der Waals surface area (Å²) in [6.45, 7) is 5.84. The van der Waals surface area contributed by atoms with E-state index < -0.39 is 0 Å². The first kappa shape index (κ1) is 22.1. The van der Waals surface area contributed by atoms with Crippen molar-refractivity contribution in [3.05, 3.63) is 71.3 Å². The molecular weight excluding hydrogens is 348 g/mol. The molecule has 1 N–H and O–H groups in total. The van der Waals surface area contributed by atoms with Gasteiger partial charge in [0, 0.05) is 6.54 Å². The Morgan fingerprint density at radius 1 is 0.929 bits per heavy atom. The number of hydrogen-bond donors (Lipinski definition) is 1. The summed E-state index contributed by atoms with van der Waals surface area (Å²) in [5.74, 6) is 0.978. The zero-order chi connectivity index (χ0) is 20.4. The van der Waals surface area contributed by atoms with Gasteiger partial charge in [-0.05, 0) is 69.1 Å². The van der Waals surface area contributed by atoms with Crippen LogP contribution < -0.4 is 0 Å². The third-order valence-corrected chi connectivity index (χ3v) is 5.65. The van der Waals surface area contributed by atoms with Crippen LogP contribution in [-0.4, -0.2) is 55.1 Å². The molecule has 0 saturated carbocycles. The lowest BCUT2D eigenvalue weighted by Crippen LogP contribution is -2.32. The van der Waals surface area contributed by atoms with E-state index in [4.69, 9.17) is 9.90 Å². The zero-order valence-electron chi connectivity index (χ0n) is 17.4. The van der Waals surface area contributed by atoms with E-state index in [1.54, 1.807) is 0 Å². The standard InChI is InChI=1S/C16H17N.C7H15N.CH2O2/c1-17-12-11-13-7-5-6-10-15(13)16(17)14-8-3-2-4-9-14;1-7-3-5-8(2)6-4-7;2-1-3/h2-10,16H,11-12H2,1H3;7H,3-6H2,1-2H3;1H,(H,2,3). The summed E-state index contributed by atoms with van der Waals surface area (Å²) in [6.07, 6.45) is 3.96. The summed E-state index contributed by atoms with van der Waals surface area (Å²) in [6, 6.07) is 20.0. The quantitative estimate of drug-likeness (QED) is 0.747. The van der Waals surface area contributed by atoms with Crippen molar-refractivity contribution in [2.45, 2.75) is 32.2 Å². The van der Waals surface area contributed by atoms with E-state index in [1.165, 1.54) is 42.6 Å². The highest BCUT2D eigenvalue weighted by molar-refractivity contribution is 5.39. The number of fused-ring (bicyclic) bond motifs is 1. The van der Waals surface area contributed by atoms with E-state index in [9.17, 15) is 0 Å². The van der Waals surface area contributed by atoms with Crippen LogP contribution in [0.4, 0.5) is 0 Å². The molecule has 1 atom stereocenters.